The number of aromatic nitrogens is 3. The number of carbonyl (C=O) groups excluding carboxylic acids is 1. The number of piperidine rings is 1. The van der Waals surface area contributed by atoms with Crippen LogP contribution in [0.3, 0.4) is 0 Å². The number of rotatable bonds is 7. The highest BCUT2D eigenvalue weighted by Gasteiger charge is 2.48. The summed E-state index contributed by atoms with van der Waals surface area (Å²) in [4.78, 5) is 28.3. The summed E-state index contributed by atoms with van der Waals surface area (Å²) in [6.45, 7) is 9.03. The van der Waals surface area contributed by atoms with Crippen LogP contribution >= 0.6 is 11.3 Å². The van der Waals surface area contributed by atoms with E-state index in [1.807, 2.05) is 26.8 Å². The molecule has 5 heterocycles. The van der Waals surface area contributed by atoms with Crippen molar-refractivity contribution in [3.8, 4) is 0 Å². The molecule has 14 heteroatoms. The summed E-state index contributed by atoms with van der Waals surface area (Å²) < 4.78 is 69.5. The zero-order valence-electron chi connectivity index (χ0n) is 24.4. The summed E-state index contributed by atoms with van der Waals surface area (Å²) in [5.41, 5.74) is 1.22. The van der Waals surface area contributed by atoms with Crippen molar-refractivity contribution in [1.29, 1.82) is 0 Å². The number of sulfone groups is 1. The van der Waals surface area contributed by atoms with Gasteiger partial charge in [0, 0.05) is 54.6 Å². The van der Waals surface area contributed by atoms with E-state index in [-0.39, 0.29) is 29.1 Å². The molecule has 1 atom stereocenters. The topological polar surface area (TPSA) is 114 Å². The Morgan fingerprint density at radius 2 is 1.81 bits per heavy atom. The number of fused-ring (bicyclic) bond motifs is 2. The van der Waals surface area contributed by atoms with E-state index in [4.69, 9.17) is 4.74 Å². The van der Waals surface area contributed by atoms with E-state index in [0.717, 1.165) is 10.4 Å². The summed E-state index contributed by atoms with van der Waals surface area (Å²) in [7, 11) is -3.35. The molecular formula is C29H34F3N5O4S2. The van der Waals surface area contributed by atoms with Gasteiger partial charge < -0.3 is 10.1 Å². The molecule has 1 fully saturated rings. The first-order valence-electron chi connectivity index (χ1n) is 14.0. The number of amides is 1. The number of nitrogens with one attached hydrogen (secondary N) is 1. The predicted octanol–water partition coefficient (Wildman–Crippen LogP) is 5.08. The van der Waals surface area contributed by atoms with Gasteiger partial charge in [0.05, 0.1) is 33.4 Å². The van der Waals surface area contributed by atoms with Crippen molar-refractivity contribution in [2.24, 2.45) is 0 Å². The zero-order chi connectivity index (χ0) is 31.2. The first-order valence-corrected chi connectivity index (χ1v) is 16.5. The van der Waals surface area contributed by atoms with Gasteiger partial charge in [0.15, 0.2) is 9.84 Å². The minimum atomic E-state index is -4.58. The van der Waals surface area contributed by atoms with Crippen LogP contribution in [-0.4, -0.2) is 58.6 Å². The maximum atomic E-state index is 13.2. The van der Waals surface area contributed by atoms with E-state index in [1.54, 1.807) is 13.0 Å². The van der Waals surface area contributed by atoms with Crippen LogP contribution < -0.4 is 5.32 Å². The first kappa shape index (κ1) is 31.5. The number of halogens is 3. The molecule has 2 aliphatic rings. The van der Waals surface area contributed by atoms with E-state index in [1.165, 1.54) is 36.0 Å². The van der Waals surface area contributed by atoms with Crippen LogP contribution in [0.5, 0.6) is 0 Å². The Labute approximate surface area is 252 Å². The summed E-state index contributed by atoms with van der Waals surface area (Å²) in [5, 5.41) is 2.89. The lowest BCUT2D eigenvalue weighted by molar-refractivity contribution is -0.179. The van der Waals surface area contributed by atoms with Gasteiger partial charge in [-0.05, 0) is 57.4 Å². The van der Waals surface area contributed by atoms with Crippen molar-refractivity contribution < 1.29 is 31.1 Å². The molecule has 3 aromatic rings. The number of ether oxygens (including phenoxy) is 1. The van der Waals surface area contributed by atoms with Crippen LogP contribution in [0.1, 0.15) is 83.8 Å². The highest BCUT2D eigenvalue weighted by Crippen LogP contribution is 2.50. The molecule has 9 nitrogen and oxygen atoms in total. The lowest BCUT2D eigenvalue weighted by Crippen LogP contribution is -2.51. The fraction of sp³-hybridized carbons (Fsp3) is 0.517. The van der Waals surface area contributed by atoms with Gasteiger partial charge in [0.1, 0.15) is 5.60 Å². The van der Waals surface area contributed by atoms with Crippen molar-refractivity contribution in [2.75, 3.05) is 18.8 Å². The lowest BCUT2D eigenvalue weighted by Gasteiger charge is -2.50. The Morgan fingerprint density at radius 1 is 1.14 bits per heavy atom. The minimum Gasteiger partial charge on any atom is -0.363 e. The number of nitrogens with zero attached hydrogens (tertiary/aromatic N) is 4. The molecule has 0 unspecified atom stereocenters. The van der Waals surface area contributed by atoms with Crippen LogP contribution in [0.2, 0.25) is 0 Å². The monoisotopic (exact) mass is 637 g/mol. The number of alkyl halides is 3. The number of carbonyl (C=O) groups is 1. The maximum Gasteiger partial charge on any atom is 0.451 e. The molecule has 0 bridgehead atoms. The highest BCUT2D eigenvalue weighted by molar-refractivity contribution is 7.91. The third-order valence-electron chi connectivity index (χ3n) is 8.06. The van der Waals surface area contributed by atoms with E-state index in [9.17, 15) is 26.4 Å². The fourth-order valence-corrected chi connectivity index (χ4v) is 7.87. The zero-order valence-corrected chi connectivity index (χ0v) is 26.0. The Kier molecular flexibility index (Phi) is 8.44. The Morgan fingerprint density at radius 3 is 2.40 bits per heavy atom. The molecule has 1 N–H and O–H groups in total. The normalized spacial score (nSPS) is 19.1. The second-order valence-corrected chi connectivity index (χ2v) is 14.9. The maximum absolute atomic E-state index is 13.2. The third-order valence-corrected chi connectivity index (χ3v) is 11.1. The standard InChI is InChI=1S/C29H34F3N5O4S2/c1-5-43(39,40)22-7-6-21(33-17-22)16-34-25(38)23-12-19-13-27(3,4)41-28(24(19)42-23)8-10-37(11-9-28)18(2)20-14-35-26(36-15-20)29(30,31)32/h6-7,12,14-15,17-18H,5,8-11,13,16H2,1-4H3,(H,34,38)/t18-/m1/s1. The number of hydrogen-bond donors (Lipinski definition) is 1. The SMILES string of the molecule is CCS(=O)(=O)c1ccc(CNC(=O)c2cc3c(s2)C2(CCN([C@H](C)c4cnc(C(F)(F)F)nc4)CC2)OC(C)(C)C3)nc1. The summed E-state index contributed by atoms with van der Waals surface area (Å²) in [5.74, 6) is -1.41. The van der Waals surface area contributed by atoms with E-state index < -0.39 is 33.0 Å². The molecule has 0 saturated carbocycles. The van der Waals surface area contributed by atoms with Gasteiger partial charge in [-0.2, -0.15) is 13.2 Å². The summed E-state index contributed by atoms with van der Waals surface area (Å²) in [6.07, 6.45) is 1.19. The quantitative estimate of drug-likeness (QED) is 0.382. The molecule has 1 spiro atoms. The molecule has 1 amide bonds. The van der Waals surface area contributed by atoms with E-state index in [0.29, 0.717) is 48.5 Å². The van der Waals surface area contributed by atoms with E-state index >= 15 is 0 Å². The molecule has 0 radical (unpaired) electrons. The molecule has 2 aliphatic heterocycles. The average Bonchev–Trinajstić information content (AvgIpc) is 3.40. The molecule has 1 saturated heterocycles. The molecular weight excluding hydrogens is 603 g/mol. The third kappa shape index (κ3) is 6.61. The average molecular weight is 638 g/mol. The molecule has 5 rings (SSSR count). The Bertz CT molecular complexity index is 1580. The molecule has 0 aliphatic carbocycles. The van der Waals surface area contributed by atoms with Crippen molar-refractivity contribution in [1.82, 2.24) is 25.2 Å². The van der Waals surface area contributed by atoms with Crippen LogP contribution in [0, 0.1) is 0 Å². The second-order valence-electron chi connectivity index (χ2n) is 11.6. The summed E-state index contributed by atoms with van der Waals surface area (Å²) >= 11 is 1.42. The van der Waals surface area contributed by atoms with Gasteiger partial charge in [-0.15, -0.1) is 11.3 Å². The number of thiophene rings is 1. The van der Waals surface area contributed by atoms with Gasteiger partial charge in [0.25, 0.3) is 5.91 Å². The fourth-order valence-electron chi connectivity index (χ4n) is 5.76. The van der Waals surface area contributed by atoms with Gasteiger partial charge in [-0.3, -0.25) is 14.7 Å². The highest BCUT2D eigenvalue weighted by atomic mass is 32.2. The predicted molar refractivity (Wildman–Crippen MR) is 154 cm³/mol. The van der Waals surface area contributed by atoms with Crippen molar-refractivity contribution in [3.63, 3.8) is 0 Å². The summed E-state index contributed by atoms with van der Waals surface area (Å²) in [6, 6.07) is 4.85. The van der Waals surface area contributed by atoms with Gasteiger partial charge in [0.2, 0.25) is 5.82 Å². The van der Waals surface area contributed by atoms with Crippen LogP contribution in [-0.2, 0) is 39.3 Å². The Balaban J connectivity index is 1.28. The smallest absolute Gasteiger partial charge is 0.363 e. The molecule has 232 valence electrons. The molecule has 3 aromatic heterocycles. The Hall–Kier alpha value is -2.94. The van der Waals surface area contributed by atoms with Gasteiger partial charge >= 0.3 is 6.18 Å². The van der Waals surface area contributed by atoms with Crippen molar-refractivity contribution >= 4 is 27.1 Å². The molecule has 0 aromatic carbocycles. The lowest BCUT2D eigenvalue weighted by atomic mass is 9.80. The van der Waals surface area contributed by atoms with Gasteiger partial charge in [-0.25, -0.2) is 18.4 Å². The number of hydrogen-bond acceptors (Lipinski definition) is 9. The van der Waals surface area contributed by atoms with Crippen LogP contribution in [0.25, 0.3) is 0 Å². The first-order chi connectivity index (χ1) is 20.1. The van der Waals surface area contributed by atoms with Crippen molar-refractivity contribution in [2.45, 2.75) is 81.8 Å². The van der Waals surface area contributed by atoms with Gasteiger partial charge in [-0.1, -0.05) is 6.92 Å². The second kappa shape index (κ2) is 11.5. The largest absolute Gasteiger partial charge is 0.451 e. The van der Waals surface area contributed by atoms with E-state index in [2.05, 4.69) is 25.2 Å². The molecule has 43 heavy (non-hydrogen) atoms. The van der Waals surface area contributed by atoms with Crippen LogP contribution in [0.15, 0.2) is 41.7 Å². The minimum absolute atomic E-state index is 0.0129. The number of likely N-dealkylation sites (tertiary alicyclic amines) is 1. The van der Waals surface area contributed by atoms with Crippen LogP contribution in [0.4, 0.5) is 13.2 Å². The van der Waals surface area contributed by atoms with Crippen molar-refractivity contribution in [3.05, 3.63) is 69.2 Å². The number of pyridine rings is 1.